The van der Waals surface area contributed by atoms with E-state index >= 15 is 0 Å². The lowest BCUT2D eigenvalue weighted by atomic mass is 10.1. The van der Waals surface area contributed by atoms with Crippen molar-refractivity contribution in [1.82, 2.24) is 29.3 Å². The number of aryl methyl sites for hydroxylation is 1. The Labute approximate surface area is 176 Å². The first-order chi connectivity index (χ1) is 15.2. The number of hydrogen-bond acceptors (Lipinski definition) is 4. The minimum Gasteiger partial charge on any atom is -0.332 e. The van der Waals surface area contributed by atoms with Crippen LogP contribution in [0.15, 0.2) is 82.6 Å². The molecular formula is C23H20N6O2. The van der Waals surface area contributed by atoms with Gasteiger partial charge in [-0.3, -0.25) is 19.0 Å². The fourth-order valence-electron chi connectivity index (χ4n) is 3.58. The van der Waals surface area contributed by atoms with E-state index in [-0.39, 0.29) is 23.3 Å². The highest BCUT2D eigenvalue weighted by Gasteiger charge is 2.14. The Morgan fingerprint density at radius 3 is 2.32 bits per heavy atom. The summed E-state index contributed by atoms with van der Waals surface area (Å²) in [4.78, 5) is 35.5. The zero-order valence-electron chi connectivity index (χ0n) is 16.7. The first kappa shape index (κ1) is 18.8. The van der Waals surface area contributed by atoms with Gasteiger partial charge >= 0.3 is 5.69 Å². The normalized spacial score (nSPS) is 11.2. The molecule has 3 aromatic heterocycles. The van der Waals surface area contributed by atoms with Crippen molar-refractivity contribution < 1.29 is 0 Å². The number of rotatable bonds is 6. The highest BCUT2D eigenvalue weighted by Crippen LogP contribution is 2.17. The second-order valence-corrected chi connectivity index (χ2v) is 7.34. The summed E-state index contributed by atoms with van der Waals surface area (Å²) < 4.78 is 3.01. The van der Waals surface area contributed by atoms with E-state index < -0.39 is 5.69 Å². The molecule has 0 atom stereocenters. The maximum atomic E-state index is 12.9. The van der Waals surface area contributed by atoms with Crippen LogP contribution in [0.25, 0.3) is 22.6 Å². The fraction of sp³-hybridized carbons (Fsp3) is 0.130. The van der Waals surface area contributed by atoms with Crippen LogP contribution in [-0.4, -0.2) is 29.3 Å². The van der Waals surface area contributed by atoms with Gasteiger partial charge in [0, 0.05) is 12.7 Å². The SMILES string of the molecule is O=c1[nH]c2nc(-c3cnn(Cc4ccccc4)c3)[nH]c2c(=O)n1CCc1ccccc1. The Bertz CT molecular complexity index is 1440. The minimum absolute atomic E-state index is 0.247. The van der Waals surface area contributed by atoms with Crippen LogP contribution in [0.1, 0.15) is 11.1 Å². The molecule has 0 spiro atoms. The second kappa shape index (κ2) is 7.91. The van der Waals surface area contributed by atoms with E-state index in [0.29, 0.717) is 18.8 Å². The molecule has 154 valence electrons. The quantitative estimate of drug-likeness (QED) is 0.448. The third-order valence-corrected chi connectivity index (χ3v) is 5.19. The molecule has 0 aliphatic heterocycles. The Balaban J connectivity index is 1.43. The van der Waals surface area contributed by atoms with Crippen molar-refractivity contribution in [3.63, 3.8) is 0 Å². The van der Waals surface area contributed by atoms with Gasteiger partial charge < -0.3 is 4.98 Å². The van der Waals surface area contributed by atoms with Crippen LogP contribution in [0.3, 0.4) is 0 Å². The van der Waals surface area contributed by atoms with Crippen molar-refractivity contribution in [3.05, 3.63) is 105 Å². The minimum atomic E-state index is -0.466. The number of H-pyrrole nitrogens is 2. The monoisotopic (exact) mass is 412 g/mol. The van der Waals surface area contributed by atoms with Gasteiger partial charge in [0.1, 0.15) is 11.3 Å². The highest BCUT2D eigenvalue weighted by molar-refractivity contribution is 5.74. The van der Waals surface area contributed by atoms with Gasteiger partial charge in [0.15, 0.2) is 5.65 Å². The first-order valence-electron chi connectivity index (χ1n) is 10.0. The predicted molar refractivity (Wildman–Crippen MR) is 118 cm³/mol. The topological polar surface area (TPSA) is 101 Å². The zero-order valence-corrected chi connectivity index (χ0v) is 16.7. The van der Waals surface area contributed by atoms with Crippen LogP contribution in [0.2, 0.25) is 0 Å². The average Bonchev–Trinajstić information content (AvgIpc) is 3.42. The van der Waals surface area contributed by atoms with Crippen LogP contribution in [0.4, 0.5) is 0 Å². The molecule has 0 aliphatic rings. The fourth-order valence-corrected chi connectivity index (χ4v) is 3.58. The molecule has 3 heterocycles. The molecule has 0 fully saturated rings. The molecule has 31 heavy (non-hydrogen) atoms. The number of hydrogen-bond donors (Lipinski definition) is 2. The van der Waals surface area contributed by atoms with Crippen LogP contribution in [-0.2, 0) is 19.5 Å². The number of aromatic amines is 2. The Hall–Kier alpha value is -4.20. The van der Waals surface area contributed by atoms with Crippen molar-refractivity contribution in [3.8, 4) is 11.4 Å². The highest BCUT2D eigenvalue weighted by atomic mass is 16.2. The number of fused-ring (bicyclic) bond motifs is 1. The third kappa shape index (κ3) is 3.83. The molecule has 8 nitrogen and oxygen atoms in total. The molecule has 0 saturated carbocycles. The zero-order chi connectivity index (χ0) is 21.2. The molecule has 0 aliphatic carbocycles. The molecule has 0 saturated heterocycles. The molecule has 0 bridgehead atoms. The van der Waals surface area contributed by atoms with Crippen LogP contribution >= 0.6 is 0 Å². The van der Waals surface area contributed by atoms with Gasteiger partial charge in [0.05, 0.1) is 18.3 Å². The van der Waals surface area contributed by atoms with Gasteiger partial charge in [-0.2, -0.15) is 5.10 Å². The first-order valence-corrected chi connectivity index (χ1v) is 10.0. The maximum absolute atomic E-state index is 12.9. The summed E-state index contributed by atoms with van der Waals surface area (Å²) in [5, 5.41) is 4.38. The lowest BCUT2D eigenvalue weighted by molar-refractivity contribution is 0.635. The molecule has 8 heteroatoms. The lowest BCUT2D eigenvalue weighted by Crippen LogP contribution is -2.35. The summed E-state index contributed by atoms with van der Waals surface area (Å²) in [5.41, 5.74) is 2.60. The van der Waals surface area contributed by atoms with Gasteiger partial charge in [-0.1, -0.05) is 60.7 Å². The number of nitrogens with one attached hydrogen (secondary N) is 2. The smallest absolute Gasteiger partial charge is 0.330 e. The van der Waals surface area contributed by atoms with Gasteiger partial charge in [0.25, 0.3) is 5.56 Å². The summed E-state index contributed by atoms with van der Waals surface area (Å²) in [7, 11) is 0. The summed E-state index contributed by atoms with van der Waals surface area (Å²) in [6.07, 6.45) is 4.13. The van der Waals surface area contributed by atoms with Gasteiger partial charge in [-0.05, 0) is 17.5 Å². The summed E-state index contributed by atoms with van der Waals surface area (Å²) in [5.74, 6) is 0.489. The van der Waals surface area contributed by atoms with Crippen molar-refractivity contribution in [2.45, 2.75) is 19.5 Å². The summed E-state index contributed by atoms with van der Waals surface area (Å²) in [6.45, 7) is 0.918. The molecule has 0 amide bonds. The Morgan fingerprint density at radius 1 is 0.871 bits per heavy atom. The lowest BCUT2D eigenvalue weighted by Gasteiger charge is -2.04. The number of imidazole rings is 1. The molecule has 2 N–H and O–H groups in total. The van der Waals surface area contributed by atoms with Gasteiger partial charge in [0.2, 0.25) is 0 Å². The molecular weight excluding hydrogens is 392 g/mol. The van der Waals surface area contributed by atoms with Gasteiger partial charge in [-0.15, -0.1) is 0 Å². The molecule has 5 rings (SSSR count). The maximum Gasteiger partial charge on any atom is 0.330 e. The van der Waals surface area contributed by atoms with E-state index in [1.807, 2.05) is 66.9 Å². The van der Waals surface area contributed by atoms with E-state index in [1.54, 1.807) is 10.9 Å². The Kier molecular flexibility index (Phi) is 4.80. The van der Waals surface area contributed by atoms with E-state index in [2.05, 4.69) is 20.1 Å². The molecule has 0 radical (unpaired) electrons. The van der Waals surface area contributed by atoms with Crippen LogP contribution < -0.4 is 11.2 Å². The van der Waals surface area contributed by atoms with E-state index in [1.165, 1.54) is 4.57 Å². The Morgan fingerprint density at radius 2 is 1.58 bits per heavy atom. The van der Waals surface area contributed by atoms with Crippen molar-refractivity contribution in [1.29, 1.82) is 0 Å². The molecule has 2 aromatic carbocycles. The van der Waals surface area contributed by atoms with Gasteiger partial charge in [-0.25, -0.2) is 9.78 Å². The summed E-state index contributed by atoms with van der Waals surface area (Å²) in [6, 6.07) is 19.8. The number of benzene rings is 2. The summed E-state index contributed by atoms with van der Waals surface area (Å²) >= 11 is 0. The molecule has 0 unspecified atom stereocenters. The van der Waals surface area contributed by atoms with E-state index in [0.717, 1.165) is 16.7 Å². The largest absolute Gasteiger partial charge is 0.332 e. The molecule has 5 aromatic rings. The average molecular weight is 412 g/mol. The van der Waals surface area contributed by atoms with Crippen LogP contribution in [0.5, 0.6) is 0 Å². The predicted octanol–water partition coefficient (Wildman–Crippen LogP) is 2.57. The van der Waals surface area contributed by atoms with Crippen molar-refractivity contribution in [2.75, 3.05) is 0 Å². The van der Waals surface area contributed by atoms with Crippen LogP contribution in [0, 0.1) is 0 Å². The van der Waals surface area contributed by atoms with E-state index in [9.17, 15) is 9.59 Å². The number of aromatic nitrogens is 6. The number of nitrogens with zero attached hydrogens (tertiary/aromatic N) is 4. The van der Waals surface area contributed by atoms with E-state index in [4.69, 9.17) is 0 Å². The standard InChI is InChI=1S/C23H20N6O2/c30-22-19-21(27-23(31)29(22)12-11-16-7-3-1-4-8-16)26-20(25-19)18-13-24-28(15-18)14-17-9-5-2-6-10-17/h1-10,13,15H,11-12,14H2,(H,25,26)(H,27,31). The van der Waals surface area contributed by atoms with Crippen molar-refractivity contribution in [2.24, 2.45) is 0 Å². The third-order valence-electron chi connectivity index (χ3n) is 5.19. The second-order valence-electron chi connectivity index (χ2n) is 7.34. The van der Waals surface area contributed by atoms with Crippen molar-refractivity contribution >= 4 is 11.2 Å².